The van der Waals surface area contributed by atoms with E-state index in [1.165, 1.54) is 4.88 Å². The van der Waals surface area contributed by atoms with Gasteiger partial charge in [0.25, 0.3) is 0 Å². The molecule has 0 amide bonds. The van der Waals surface area contributed by atoms with Crippen LogP contribution in [0.2, 0.25) is 0 Å². The summed E-state index contributed by atoms with van der Waals surface area (Å²) in [6.45, 7) is 6.02. The number of aldehydes is 1. The summed E-state index contributed by atoms with van der Waals surface area (Å²) >= 11 is 1.68. The minimum absolute atomic E-state index is 0.209. The first kappa shape index (κ1) is 10.4. The Bertz CT molecular complexity index is 295. The highest BCUT2D eigenvalue weighted by atomic mass is 32.1. The summed E-state index contributed by atoms with van der Waals surface area (Å²) in [7, 11) is 0. The highest BCUT2D eigenvalue weighted by Crippen LogP contribution is 2.26. The molecule has 0 aliphatic rings. The van der Waals surface area contributed by atoms with Crippen LogP contribution >= 0.6 is 11.3 Å². The lowest BCUT2D eigenvalue weighted by molar-refractivity contribution is -0.115. The summed E-state index contributed by atoms with van der Waals surface area (Å²) in [6.07, 6.45) is 4.63. The number of carbonyl (C=O) groups excluding carboxylic acids is 1. The van der Waals surface area contributed by atoms with Gasteiger partial charge in [-0.3, -0.25) is 0 Å². The van der Waals surface area contributed by atoms with Gasteiger partial charge in [-0.05, 0) is 19.8 Å². The molecule has 0 saturated heterocycles. The topological polar surface area (TPSA) is 30.0 Å². The van der Waals surface area contributed by atoms with E-state index in [0.29, 0.717) is 0 Å². The predicted octanol–water partition coefficient (Wildman–Crippen LogP) is 2.61. The molecule has 0 fully saturated rings. The molecule has 1 rings (SSSR count). The van der Waals surface area contributed by atoms with Gasteiger partial charge in [0.15, 0.2) is 0 Å². The number of carbonyl (C=O) groups is 1. The number of thiazole rings is 1. The minimum atomic E-state index is -0.209. The largest absolute Gasteiger partial charge is 0.303 e. The highest BCUT2D eigenvalue weighted by Gasteiger charge is 2.22. The Kier molecular flexibility index (Phi) is 3.20. The molecule has 0 N–H and O–H groups in total. The first-order valence-electron chi connectivity index (χ1n) is 4.47. The molecule has 13 heavy (non-hydrogen) atoms. The Morgan fingerprint density at radius 2 is 2.38 bits per heavy atom. The van der Waals surface area contributed by atoms with Gasteiger partial charge in [-0.25, -0.2) is 4.98 Å². The Hall–Kier alpha value is -0.700. The van der Waals surface area contributed by atoms with Crippen molar-refractivity contribution >= 4 is 17.6 Å². The van der Waals surface area contributed by atoms with Gasteiger partial charge in [0.1, 0.15) is 6.29 Å². The number of nitrogens with zero attached hydrogens (tertiary/aromatic N) is 1. The maximum absolute atomic E-state index is 10.9. The van der Waals surface area contributed by atoms with Crippen LogP contribution in [0.4, 0.5) is 0 Å². The third kappa shape index (κ3) is 2.62. The Morgan fingerprint density at radius 3 is 2.77 bits per heavy atom. The van der Waals surface area contributed by atoms with Gasteiger partial charge in [-0.2, -0.15) is 0 Å². The van der Waals surface area contributed by atoms with Gasteiger partial charge >= 0.3 is 0 Å². The Morgan fingerprint density at radius 1 is 1.69 bits per heavy atom. The van der Waals surface area contributed by atoms with E-state index in [2.05, 4.69) is 4.98 Å². The van der Waals surface area contributed by atoms with E-state index < -0.39 is 0 Å². The fourth-order valence-electron chi connectivity index (χ4n) is 1.14. The summed E-state index contributed by atoms with van der Waals surface area (Å²) in [6, 6.07) is 0. The van der Waals surface area contributed by atoms with E-state index in [-0.39, 0.29) is 5.41 Å². The second-order valence-corrected chi connectivity index (χ2v) is 4.97. The van der Waals surface area contributed by atoms with Crippen LogP contribution in [0.1, 0.15) is 30.2 Å². The normalized spacial score (nSPS) is 15.3. The molecule has 3 heteroatoms. The van der Waals surface area contributed by atoms with Gasteiger partial charge in [-0.15, -0.1) is 11.3 Å². The lowest BCUT2D eigenvalue weighted by Gasteiger charge is -2.19. The average molecular weight is 197 g/mol. The molecule has 1 aromatic heterocycles. The molecular formula is C10H15NOS. The molecule has 2 nitrogen and oxygen atoms in total. The molecule has 0 aliphatic heterocycles. The molecule has 0 spiro atoms. The summed E-state index contributed by atoms with van der Waals surface area (Å²) in [5, 5.41) is 1.07. The number of hydrogen-bond acceptors (Lipinski definition) is 3. The van der Waals surface area contributed by atoms with Crippen molar-refractivity contribution in [2.24, 2.45) is 5.41 Å². The van der Waals surface area contributed by atoms with Crippen molar-refractivity contribution in [2.45, 2.75) is 33.6 Å². The van der Waals surface area contributed by atoms with Crippen LogP contribution in [-0.4, -0.2) is 11.3 Å². The Balaban J connectivity index is 2.72. The fourth-order valence-corrected chi connectivity index (χ4v) is 2.13. The molecule has 1 aromatic rings. The summed E-state index contributed by atoms with van der Waals surface area (Å²) in [5.74, 6) is 0. The van der Waals surface area contributed by atoms with Crippen molar-refractivity contribution < 1.29 is 4.79 Å². The SMILES string of the molecule is CCC(C)(C=O)Cc1cnc(C)s1. The first-order chi connectivity index (χ1) is 6.09. The molecular weight excluding hydrogens is 182 g/mol. The molecule has 72 valence electrons. The molecule has 0 aromatic carbocycles. The number of hydrogen-bond donors (Lipinski definition) is 0. The molecule has 1 heterocycles. The monoisotopic (exact) mass is 197 g/mol. The van der Waals surface area contributed by atoms with Gasteiger partial charge in [0.2, 0.25) is 0 Å². The van der Waals surface area contributed by atoms with E-state index in [0.717, 1.165) is 24.1 Å². The van der Waals surface area contributed by atoms with Crippen molar-refractivity contribution in [3.8, 4) is 0 Å². The second kappa shape index (κ2) is 4.01. The number of aromatic nitrogens is 1. The van der Waals surface area contributed by atoms with Crippen LogP contribution < -0.4 is 0 Å². The van der Waals surface area contributed by atoms with Crippen LogP contribution in [0, 0.1) is 12.3 Å². The quantitative estimate of drug-likeness (QED) is 0.694. The maximum Gasteiger partial charge on any atom is 0.126 e. The van der Waals surface area contributed by atoms with Crippen molar-refractivity contribution in [3.05, 3.63) is 16.1 Å². The molecule has 1 unspecified atom stereocenters. The predicted molar refractivity (Wildman–Crippen MR) is 55.0 cm³/mol. The van der Waals surface area contributed by atoms with Gasteiger partial charge < -0.3 is 4.79 Å². The molecule has 1 atom stereocenters. The summed E-state index contributed by atoms with van der Waals surface area (Å²) in [5.41, 5.74) is -0.209. The van der Waals surface area contributed by atoms with E-state index >= 15 is 0 Å². The molecule has 0 aliphatic carbocycles. The van der Waals surface area contributed by atoms with Gasteiger partial charge in [0.05, 0.1) is 5.01 Å². The number of aryl methyl sites for hydroxylation is 1. The van der Waals surface area contributed by atoms with Crippen molar-refractivity contribution in [2.75, 3.05) is 0 Å². The van der Waals surface area contributed by atoms with Crippen molar-refractivity contribution in [1.29, 1.82) is 0 Å². The summed E-state index contributed by atoms with van der Waals surface area (Å²) < 4.78 is 0. The average Bonchev–Trinajstić information content (AvgIpc) is 2.51. The standard InChI is InChI=1S/C10H15NOS/c1-4-10(3,7-12)5-9-6-11-8(2)13-9/h6-7H,4-5H2,1-3H3. The first-order valence-corrected chi connectivity index (χ1v) is 5.29. The van der Waals surface area contributed by atoms with E-state index in [9.17, 15) is 4.79 Å². The van der Waals surface area contributed by atoms with E-state index in [4.69, 9.17) is 0 Å². The third-order valence-electron chi connectivity index (χ3n) is 2.34. The Labute approximate surface area is 83.0 Å². The van der Waals surface area contributed by atoms with Crippen LogP contribution in [0.25, 0.3) is 0 Å². The molecule has 0 radical (unpaired) electrons. The minimum Gasteiger partial charge on any atom is -0.303 e. The van der Waals surface area contributed by atoms with Crippen LogP contribution in [0.15, 0.2) is 6.20 Å². The van der Waals surface area contributed by atoms with Crippen molar-refractivity contribution in [1.82, 2.24) is 4.98 Å². The zero-order valence-corrected chi connectivity index (χ0v) is 9.15. The summed E-state index contributed by atoms with van der Waals surface area (Å²) in [4.78, 5) is 16.2. The van der Waals surface area contributed by atoms with Crippen LogP contribution in [0.5, 0.6) is 0 Å². The lowest BCUT2D eigenvalue weighted by atomic mass is 9.85. The second-order valence-electron chi connectivity index (χ2n) is 3.65. The van der Waals surface area contributed by atoms with Crippen molar-refractivity contribution in [3.63, 3.8) is 0 Å². The third-order valence-corrected chi connectivity index (χ3v) is 3.25. The fraction of sp³-hybridized carbons (Fsp3) is 0.600. The van der Waals surface area contributed by atoms with Crippen LogP contribution in [-0.2, 0) is 11.2 Å². The molecule has 0 bridgehead atoms. The lowest BCUT2D eigenvalue weighted by Crippen LogP contribution is -2.19. The van der Waals surface area contributed by atoms with E-state index in [1.54, 1.807) is 11.3 Å². The van der Waals surface area contributed by atoms with E-state index in [1.807, 2.05) is 27.0 Å². The van der Waals surface area contributed by atoms with Gasteiger partial charge in [0, 0.05) is 16.5 Å². The number of rotatable bonds is 4. The smallest absolute Gasteiger partial charge is 0.126 e. The highest BCUT2D eigenvalue weighted by molar-refractivity contribution is 7.11. The zero-order valence-electron chi connectivity index (χ0n) is 8.33. The molecule has 0 saturated carbocycles. The van der Waals surface area contributed by atoms with Gasteiger partial charge in [-0.1, -0.05) is 13.8 Å². The zero-order chi connectivity index (χ0) is 9.90. The maximum atomic E-state index is 10.9. The van der Waals surface area contributed by atoms with Crippen LogP contribution in [0.3, 0.4) is 0 Å².